The summed E-state index contributed by atoms with van der Waals surface area (Å²) in [5, 5.41) is 7.41. The van der Waals surface area contributed by atoms with Crippen LogP contribution >= 0.6 is 23.2 Å². The first kappa shape index (κ1) is 30.7. The van der Waals surface area contributed by atoms with Gasteiger partial charge in [0.2, 0.25) is 15.9 Å². The van der Waals surface area contributed by atoms with Crippen LogP contribution in [0, 0.1) is 0 Å². The Morgan fingerprint density at radius 3 is 2.45 bits per heavy atom. The zero-order valence-corrected chi connectivity index (χ0v) is 24.6. The van der Waals surface area contributed by atoms with Gasteiger partial charge in [0, 0.05) is 44.3 Å². The number of rotatable bonds is 6. The van der Waals surface area contributed by atoms with E-state index in [0.717, 1.165) is 32.2 Å². The van der Waals surface area contributed by atoms with Crippen molar-refractivity contribution >= 4 is 45.6 Å². The summed E-state index contributed by atoms with van der Waals surface area (Å²) in [5.41, 5.74) is 7.64. The van der Waals surface area contributed by atoms with Crippen LogP contribution in [-0.4, -0.2) is 90.4 Å². The molecule has 9 nitrogen and oxygen atoms in total. The Morgan fingerprint density at radius 2 is 1.75 bits per heavy atom. The largest absolute Gasteiger partial charge is 0.483 e. The van der Waals surface area contributed by atoms with E-state index in [2.05, 4.69) is 29.2 Å². The van der Waals surface area contributed by atoms with E-state index >= 15 is 0 Å². The topological polar surface area (TPSA) is 124 Å². The van der Waals surface area contributed by atoms with Crippen molar-refractivity contribution in [1.29, 1.82) is 0 Å². The molecule has 3 N–H and O–H groups in total. The third kappa shape index (κ3) is 6.98. The van der Waals surface area contributed by atoms with E-state index < -0.39 is 10.0 Å². The Balaban J connectivity index is 0.00000118. The number of fused-ring (bicyclic) bond motifs is 1. The fraction of sp³-hybridized carbons (Fsp3) is 0.500. The summed E-state index contributed by atoms with van der Waals surface area (Å²) in [7, 11) is -3.75. The van der Waals surface area contributed by atoms with Gasteiger partial charge < -0.3 is 15.7 Å². The third-order valence-corrected chi connectivity index (χ3v) is 10.7. The molecule has 0 aliphatic carbocycles. The van der Waals surface area contributed by atoms with Crippen LogP contribution in [-0.2, 0) is 26.0 Å². The highest BCUT2D eigenvalue weighted by Gasteiger charge is 2.45. The number of benzene rings is 2. The van der Waals surface area contributed by atoms with Crippen LogP contribution in [0.2, 0.25) is 10.0 Å². The number of carboxylic acid groups (broad SMARTS) is 1. The van der Waals surface area contributed by atoms with E-state index in [1.165, 1.54) is 28.1 Å². The first-order valence-corrected chi connectivity index (χ1v) is 15.7. The lowest BCUT2D eigenvalue weighted by Gasteiger charge is -2.39. The number of aryl methyl sites for hydroxylation is 1. The summed E-state index contributed by atoms with van der Waals surface area (Å²) < 4.78 is 28.3. The monoisotopic (exact) mass is 610 g/mol. The maximum absolute atomic E-state index is 13.8. The summed E-state index contributed by atoms with van der Waals surface area (Å²) in [6, 6.07) is 14.7. The molecule has 4 atom stereocenters. The van der Waals surface area contributed by atoms with Gasteiger partial charge in [0.1, 0.15) is 0 Å². The maximum Gasteiger partial charge on any atom is 0.290 e. The third-order valence-electron chi connectivity index (χ3n) is 8.05. The number of sulfonamides is 1. The molecule has 3 heterocycles. The summed E-state index contributed by atoms with van der Waals surface area (Å²) in [6.07, 6.45) is 4.91. The smallest absolute Gasteiger partial charge is 0.290 e. The Kier molecular flexibility index (Phi) is 10.5. The van der Waals surface area contributed by atoms with E-state index in [1.807, 2.05) is 11.0 Å². The molecule has 3 aliphatic rings. The average Bonchev–Trinajstić information content (AvgIpc) is 3.29. The zero-order valence-electron chi connectivity index (χ0n) is 22.2. The molecule has 3 saturated heterocycles. The van der Waals surface area contributed by atoms with Gasteiger partial charge in [-0.3, -0.25) is 14.5 Å². The Labute approximate surface area is 245 Å². The second-order valence-electron chi connectivity index (χ2n) is 10.5. The first-order valence-electron chi connectivity index (χ1n) is 13.5. The van der Waals surface area contributed by atoms with Gasteiger partial charge in [-0.25, -0.2) is 8.42 Å². The van der Waals surface area contributed by atoms with Crippen molar-refractivity contribution in [3.05, 3.63) is 64.1 Å². The van der Waals surface area contributed by atoms with E-state index in [4.69, 9.17) is 38.8 Å². The van der Waals surface area contributed by atoms with E-state index in [0.29, 0.717) is 31.0 Å². The lowest BCUT2D eigenvalue weighted by molar-refractivity contribution is -0.137. The van der Waals surface area contributed by atoms with Gasteiger partial charge in [-0.1, -0.05) is 53.5 Å². The maximum atomic E-state index is 13.8. The molecule has 2 aromatic carbocycles. The number of piperidine rings is 1. The Morgan fingerprint density at radius 1 is 1.02 bits per heavy atom. The fourth-order valence-corrected chi connectivity index (χ4v) is 8.03. The molecular weight excluding hydrogens is 575 g/mol. The summed E-state index contributed by atoms with van der Waals surface area (Å²) >= 11 is 12.1. The average molecular weight is 612 g/mol. The predicted octanol–water partition coefficient (Wildman–Crippen LogP) is 3.48. The van der Waals surface area contributed by atoms with Gasteiger partial charge in [-0.15, -0.1) is 0 Å². The van der Waals surface area contributed by atoms with Crippen molar-refractivity contribution in [2.24, 2.45) is 5.73 Å². The fourth-order valence-electron chi connectivity index (χ4n) is 6.13. The molecule has 0 aromatic heterocycles. The highest BCUT2D eigenvalue weighted by Crippen LogP contribution is 2.33. The molecule has 0 saturated carbocycles. The quantitative estimate of drug-likeness (QED) is 0.480. The van der Waals surface area contributed by atoms with Gasteiger partial charge in [0.25, 0.3) is 6.47 Å². The number of amides is 1. The van der Waals surface area contributed by atoms with Crippen LogP contribution in [0.5, 0.6) is 0 Å². The zero-order chi connectivity index (χ0) is 28.9. The van der Waals surface area contributed by atoms with Crippen LogP contribution in [0.4, 0.5) is 0 Å². The van der Waals surface area contributed by atoms with Crippen molar-refractivity contribution < 1.29 is 23.1 Å². The Hall–Kier alpha value is -2.21. The number of hydrogen-bond acceptors (Lipinski definition) is 6. The molecule has 0 bridgehead atoms. The van der Waals surface area contributed by atoms with Gasteiger partial charge >= 0.3 is 0 Å². The minimum atomic E-state index is -3.75. The SMILES string of the molecule is N[C@@H]1C[C@H]2C(=O)N([C@H]3CCCN(S(=O)(=O)c4ccc(Cl)c(Cl)c4)C3)CCC(CCc3ccccc3)N2C1.O=CO. The van der Waals surface area contributed by atoms with Crippen molar-refractivity contribution in [2.75, 3.05) is 26.2 Å². The van der Waals surface area contributed by atoms with Crippen molar-refractivity contribution in [3.8, 4) is 0 Å². The number of carbonyl (C=O) groups is 2. The number of carbonyl (C=O) groups excluding carboxylic acids is 1. The molecule has 3 fully saturated rings. The molecular formula is C28H36Cl2N4O5S. The van der Waals surface area contributed by atoms with Crippen molar-refractivity contribution in [3.63, 3.8) is 0 Å². The molecule has 12 heteroatoms. The summed E-state index contributed by atoms with van der Waals surface area (Å²) in [4.78, 5) is 26.6. The first-order chi connectivity index (χ1) is 19.1. The van der Waals surface area contributed by atoms with Crippen LogP contribution in [0.3, 0.4) is 0 Å². The molecule has 0 spiro atoms. The number of halogens is 2. The Bertz CT molecular complexity index is 1280. The minimum Gasteiger partial charge on any atom is -0.483 e. The molecule has 218 valence electrons. The number of nitrogens with zero attached hydrogens (tertiary/aromatic N) is 3. The van der Waals surface area contributed by atoms with Gasteiger partial charge in [-0.05, 0) is 62.3 Å². The molecule has 0 radical (unpaired) electrons. The van der Waals surface area contributed by atoms with Gasteiger partial charge in [0.05, 0.1) is 21.0 Å². The molecule has 5 rings (SSSR count). The minimum absolute atomic E-state index is 0.0222. The van der Waals surface area contributed by atoms with Gasteiger partial charge in [0.15, 0.2) is 0 Å². The van der Waals surface area contributed by atoms with Gasteiger partial charge in [-0.2, -0.15) is 4.31 Å². The molecule has 3 aliphatic heterocycles. The highest BCUT2D eigenvalue weighted by atomic mass is 35.5. The summed E-state index contributed by atoms with van der Waals surface area (Å²) in [5.74, 6) is 0.0916. The lowest BCUT2D eigenvalue weighted by atomic mass is 10.0. The van der Waals surface area contributed by atoms with Crippen LogP contribution in [0.15, 0.2) is 53.4 Å². The second-order valence-corrected chi connectivity index (χ2v) is 13.3. The molecule has 1 amide bonds. The van der Waals surface area contributed by atoms with Crippen LogP contribution < -0.4 is 5.73 Å². The second kappa shape index (κ2) is 13.6. The normalized spacial score (nSPS) is 26.0. The van der Waals surface area contributed by atoms with E-state index in [-0.39, 0.29) is 53.0 Å². The molecule has 40 heavy (non-hydrogen) atoms. The van der Waals surface area contributed by atoms with Crippen LogP contribution in [0.25, 0.3) is 0 Å². The van der Waals surface area contributed by atoms with Crippen molar-refractivity contribution in [1.82, 2.24) is 14.1 Å². The number of hydrogen-bond donors (Lipinski definition) is 2. The standard InChI is InChI=1S/C27H34Cl2N4O3S.CH2O2/c28-24-11-10-23(16-25(24)29)37(35,36)31-13-4-7-22(18-31)32-14-12-21(9-8-19-5-2-1-3-6-19)33-17-20(30)15-26(33)27(32)34;2-1-3/h1-3,5-6,10-11,16,20-22,26H,4,7-9,12-15,17-18,30H2;1H,(H,2,3)/t20-,21?,22+,26+;/m1./s1. The van der Waals surface area contributed by atoms with Crippen LogP contribution in [0.1, 0.15) is 37.7 Å². The van der Waals surface area contributed by atoms with Crippen molar-refractivity contribution in [2.45, 2.75) is 67.6 Å². The summed E-state index contributed by atoms with van der Waals surface area (Å²) in [6.45, 7) is 1.81. The predicted molar refractivity (Wildman–Crippen MR) is 155 cm³/mol. The molecule has 1 unspecified atom stereocenters. The van der Waals surface area contributed by atoms with E-state index in [1.54, 1.807) is 0 Å². The van der Waals surface area contributed by atoms with E-state index in [9.17, 15) is 13.2 Å². The lowest BCUT2D eigenvalue weighted by Crippen LogP contribution is -2.54. The number of nitrogens with two attached hydrogens (primary N) is 1. The molecule has 2 aromatic rings. The highest BCUT2D eigenvalue weighted by molar-refractivity contribution is 7.89.